The third kappa shape index (κ3) is 4.30. The van der Waals surface area contributed by atoms with Crippen molar-refractivity contribution in [2.24, 2.45) is 0 Å². The number of nitrogens with zero attached hydrogens (tertiary/aromatic N) is 4. The van der Waals surface area contributed by atoms with Gasteiger partial charge in [-0.15, -0.1) is 0 Å². The first-order chi connectivity index (χ1) is 13.3. The molecule has 0 aliphatic heterocycles. The number of amides is 1. The van der Waals surface area contributed by atoms with Crippen LogP contribution in [0.1, 0.15) is 21.5 Å². The minimum absolute atomic E-state index is 0.156. The van der Waals surface area contributed by atoms with Gasteiger partial charge in [-0.25, -0.2) is 0 Å². The second-order valence-electron chi connectivity index (χ2n) is 6.27. The highest BCUT2D eigenvalue weighted by atomic mass is 16.1. The molecule has 2 aromatic carbocycles. The SMILES string of the molecule is O=C(Nc1cnn(Cc2ccccc2)c1)c1cccc(Cn2cccn2)c1. The Morgan fingerprint density at radius 1 is 0.889 bits per heavy atom. The van der Waals surface area contributed by atoms with Crippen molar-refractivity contribution in [3.05, 3.63) is 102 Å². The van der Waals surface area contributed by atoms with E-state index in [0.717, 1.165) is 11.1 Å². The molecule has 4 rings (SSSR count). The zero-order valence-electron chi connectivity index (χ0n) is 14.7. The number of nitrogens with one attached hydrogen (secondary N) is 1. The summed E-state index contributed by atoms with van der Waals surface area (Å²) in [5.41, 5.74) is 3.46. The number of rotatable bonds is 6. The summed E-state index contributed by atoms with van der Waals surface area (Å²) < 4.78 is 3.63. The summed E-state index contributed by atoms with van der Waals surface area (Å²) in [6.45, 7) is 1.29. The van der Waals surface area contributed by atoms with Gasteiger partial charge in [0.25, 0.3) is 5.91 Å². The molecule has 1 N–H and O–H groups in total. The molecule has 2 heterocycles. The van der Waals surface area contributed by atoms with Crippen LogP contribution in [-0.2, 0) is 13.1 Å². The summed E-state index contributed by atoms with van der Waals surface area (Å²) in [4.78, 5) is 12.6. The Balaban J connectivity index is 1.42. The Kier molecular flexibility index (Phi) is 4.78. The highest BCUT2D eigenvalue weighted by Crippen LogP contribution is 2.12. The van der Waals surface area contributed by atoms with Gasteiger partial charge in [-0.2, -0.15) is 10.2 Å². The van der Waals surface area contributed by atoms with Gasteiger partial charge in [-0.1, -0.05) is 42.5 Å². The maximum atomic E-state index is 12.6. The molecular weight excluding hydrogens is 338 g/mol. The van der Waals surface area contributed by atoms with E-state index in [4.69, 9.17) is 0 Å². The molecule has 4 aromatic rings. The van der Waals surface area contributed by atoms with Crippen molar-refractivity contribution < 1.29 is 4.79 Å². The number of carbonyl (C=O) groups is 1. The van der Waals surface area contributed by atoms with Crippen molar-refractivity contribution in [1.82, 2.24) is 19.6 Å². The molecule has 2 aromatic heterocycles. The predicted octanol–water partition coefficient (Wildman–Crippen LogP) is 3.43. The van der Waals surface area contributed by atoms with Gasteiger partial charge in [-0.3, -0.25) is 14.2 Å². The van der Waals surface area contributed by atoms with Gasteiger partial charge < -0.3 is 5.32 Å². The van der Waals surface area contributed by atoms with Gasteiger partial charge in [-0.05, 0) is 29.3 Å². The molecule has 0 unspecified atom stereocenters. The molecule has 0 atom stereocenters. The van der Waals surface area contributed by atoms with Crippen molar-refractivity contribution in [1.29, 1.82) is 0 Å². The fraction of sp³-hybridized carbons (Fsp3) is 0.0952. The molecular formula is C21H19N5O. The summed E-state index contributed by atoms with van der Waals surface area (Å²) >= 11 is 0. The van der Waals surface area contributed by atoms with Crippen LogP contribution in [-0.4, -0.2) is 25.5 Å². The molecule has 0 aliphatic rings. The molecule has 0 aliphatic carbocycles. The fourth-order valence-electron chi connectivity index (χ4n) is 2.88. The Morgan fingerprint density at radius 2 is 1.70 bits per heavy atom. The Morgan fingerprint density at radius 3 is 2.52 bits per heavy atom. The molecule has 0 spiro atoms. The number of anilines is 1. The summed E-state index contributed by atoms with van der Waals surface area (Å²) in [6.07, 6.45) is 7.13. The van der Waals surface area contributed by atoms with Crippen LogP contribution >= 0.6 is 0 Å². The zero-order valence-corrected chi connectivity index (χ0v) is 14.7. The summed E-state index contributed by atoms with van der Waals surface area (Å²) in [5, 5.41) is 11.4. The van der Waals surface area contributed by atoms with Crippen LogP contribution in [0.3, 0.4) is 0 Å². The molecule has 1 amide bonds. The van der Waals surface area contributed by atoms with Crippen LogP contribution in [0.5, 0.6) is 0 Å². The smallest absolute Gasteiger partial charge is 0.255 e. The van der Waals surface area contributed by atoms with Crippen LogP contribution in [0.25, 0.3) is 0 Å². The fourth-order valence-corrected chi connectivity index (χ4v) is 2.88. The van der Waals surface area contributed by atoms with Crippen LogP contribution in [0.15, 0.2) is 85.5 Å². The highest BCUT2D eigenvalue weighted by molar-refractivity contribution is 6.04. The van der Waals surface area contributed by atoms with Gasteiger partial charge in [0.1, 0.15) is 0 Å². The van der Waals surface area contributed by atoms with E-state index in [0.29, 0.717) is 24.3 Å². The van der Waals surface area contributed by atoms with E-state index < -0.39 is 0 Å². The van der Waals surface area contributed by atoms with Crippen molar-refractivity contribution in [3.8, 4) is 0 Å². The third-order valence-electron chi connectivity index (χ3n) is 4.17. The van der Waals surface area contributed by atoms with Crippen LogP contribution < -0.4 is 5.32 Å². The van der Waals surface area contributed by atoms with Gasteiger partial charge in [0, 0.05) is 24.2 Å². The minimum Gasteiger partial charge on any atom is -0.319 e. The van der Waals surface area contributed by atoms with Crippen LogP contribution in [0, 0.1) is 0 Å². The lowest BCUT2D eigenvalue weighted by Gasteiger charge is -2.06. The predicted molar refractivity (Wildman–Crippen MR) is 103 cm³/mol. The number of hydrogen-bond donors (Lipinski definition) is 1. The second-order valence-corrected chi connectivity index (χ2v) is 6.27. The van der Waals surface area contributed by atoms with Gasteiger partial charge in [0.2, 0.25) is 0 Å². The van der Waals surface area contributed by atoms with Gasteiger partial charge in [0.05, 0.1) is 25.0 Å². The molecule has 6 nitrogen and oxygen atoms in total. The molecule has 27 heavy (non-hydrogen) atoms. The molecule has 6 heteroatoms. The average molecular weight is 357 g/mol. The standard InChI is InChI=1S/C21H19N5O/c27-21(19-9-4-8-18(12-19)15-25-11-5-10-22-25)24-20-13-23-26(16-20)14-17-6-2-1-3-7-17/h1-13,16H,14-15H2,(H,24,27). The van der Waals surface area contributed by atoms with Crippen molar-refractivity contribution in [2.45, 2.75) is 13.1 Å². The first-order valence-electron chi connectivity index (χ1n) is 8.70. The van der Waals surface area contributed by atoms with Crippen molar-refractivity contribution in [3.63, 3.8) is 0 Å². The van der Waals surface area contributed by atoms with Gasteiger partial charge >= 0.3 is 0 Å². The second kappa shape index (κ2) is 7.70. The van der Waals surface area contributed by atoms with Crippen LogP contribution in [0.4, 0.5) is 5.69 Å². The monoisotopic (exact) mass is 357 g/mol. The summed E-state index contributed by atoms with van der Waals surface area (Å²) in [5.74, 6) is -0.156. The van der Waals surface area contributed by atoms with Crippen molar-refractivity contribution >= 4 is 11.6 Å². The number of carbonyl (C=O) groups excluding carboxylic acids is 1. The molecule has 0 fully saturated rings. The lowest BCUT2D eigenvalue weighted by atomic mass is 10.1. The van der Waals surface area contributed by atoms with E-state index in [1.54, 1.807) is 23.1 Å². The molecule has 0 bridgehead atoms. The summed E-state index contributed by atoms with van der Waals surface area (Å²) in [7, 11) is 0. The lowest BCUT2D eigenvalue weighted by Crippen LogP contribution is -2.12. The normalized spacial score (nSPS) is 10.7. The molecule has 0 saturated heterocycles. The molecule has 0 radical (unpaired) electrons. The largest absolute Gasteiger partial charge is 0.319 e. The molecule has 134 valence electrons. The number of hydrogen-bond acceptors (Lipinski definition) is 3. The Labute approximate surface area is 157 Å². The topological polar surface area (TPSA) is 64.7 Å². The highest BCUT2D eigenvalue weighted by Gasteiger charge is 2.09. The number of benzene rings is 2. The van der Waals surface area contributed by atoms with Gasteiger partial charge in [0.15, 0.2) is 0 Å². The van der Waals surface area contributed by atoms with E-state index in [1.807, 2.05) is 71.7 Å². The Hall–Kier alpha value is -3.67. The van der Waals surface area contributed by atoms with E-state index in [1.165, 1.54) is 0 Å². The first-order valence-corrected chi connectivity index (χ1v) is 8.70. The zero-order chi connectivity index (χ0) is 18.5. The first kappa shape index (κ1) is 16.8. The quantitative estimate of drug-likeness (QED) is 0.575. The van der Waals surface area contributed by atoms with E-state index in [9.17, 15) is 4.79 Å². The van der Waals surface area contributed by atoms with E-state index in [-0.39, 0.29) is 5.91 Å². The van der Waals surface area contributed by atoms with Crippen molar-refractivity contribution in [2.75, 3.05) is 5.32 Å². The maximum Gasteiger partial charge on any atom is 0.255 e. The third-order valence-corrected chi connectivity index (χ3v) is 4.17. The molecule has 0 saturated carbocycles. The van der Waals surface area contributed by atoms with E-state index in [2.05, 4.69) is 15.5 Å². The average Bonchev–Trinajstić information content (AvgIpc) is 3.35. The number of aromatic nitrogens is 4. The Bertz CT molecular complexity index is 1020. The lowest BCUT2D eigenvalue weighted by molar-refractivity contribution is 0.102. The minimum atomic E-state index is -0.156. The summed E-state index contributed by atoms with van der Waals surface area (Å²) in [6, 6.07) is 19.5. The maximum absolute atomic E-state index is 12.6. The van der Waals surface area contributed by atoms with Crippen LogP contribution in [0.2, 0.25) is 0 Å². The van der Waals surface area contributed by atoms with E-state index >= 15 is 0 Å².